The fourth-order valence-electron chi connectivity index (χ4n) is 6.89. The Balaban J connectivity index is 1.24. The molecule has 0 nitrogen and oxygen atoms in total. The van der Waals surface area contributed by atoms with Gasteiger partial charge in [0.25, 0.3) is 0 Å². The van der Waals surface area contributed by atoms with E-state index < -0.39 is 0 Å². The topological polar surface area (TPSA) is 0 Å². The lowest BCUT2D eigenvalue weighted by molar-refractivity contribution is 1.68. The first-order valence-electron chi connectivity index (χ1n) is 14.6. The molecule has 0 fully saturated rings. The second kappa shape index (κ2) is 9.03. The molecule has 0 N–H and O–H groups in total. The highest BCUT2D eigenvalue weighted by Crippen LogP contribution is 2.38. The Hall–Kier alpha value is -5.46. The maximum atomic E-state index is 2.38. The first-order valence-corrected chi connectivity index (χ1v) is 14.6. The summed E-state index contributed by atoms with van der Waals surface area (Å²) in [4.78, 5) is 0. The van der Waals surface area contributed by atoms with Gasteiger partial charge in [0, 0.05) is 0 Å². The molecular weight excluding hydrogens is 504 g/mol. The van der Waals surface area contributed by atoms with Crippen LogP contribution in [0.4, 0.5) is 0 Å². The fraction of sp³-hybridized carbons (Fsp3) is 0. The van der Waals surface area contributed by atoms with Crippen molar-refractivity contribution in [2.75, 3.05) is 0 Å². The number of hydrogen-bond donors (Lipinski definition) is 0. The predicted molar refractivity (Wildman–Crippen MR) is 182 cm³/mol. The highest BCUT2D eigenvalue weighted by molar-refractivity contribution is 6.13. The third-order valence-electron chi connectivity index (χ3n) is 8.99. The molecule has 0 amide bonds. The predicted octanol–water partition coefficient (Wildman–Crippen LogP) is 11.9. The van der Waals surface area contributed by atoms with Gasteiger partial charge in [-0.3, -0.25) is 0 Å². The molecule has 9 rings (SSSR count). The van der Waals surface area contributed by atoms with Gasteiger partial charge in [0.2, 0.25) is 0 Å². The van der Waals surface area contributed by atoms with Crippen LogP contribution in [0.25, 0.3) is 86.9 Å². The van der Waals surface area contributed by atoms with Crippen LogP contribution in [0.5, 0.6) is 0 Å². The average Bonchev–Trinajstić information content (AvgIpc) is 3.06. The van der Waals surface area contributed by atoms with Crippen molar-refractivity contribution < 1.29 is 0 Å². The second-order valence-electron chi connectivity index (χ2n) is 11.4. The Labute approximate surface area is 244 Å². The van der Waals surface area contributed by atoms with Gasteiger partial charge in [0.15, 0.2) is 0 Å². The molecule has 0 aliphatic rings. The van der Waals surface area contributed by atoms with Crippen LogP contribution in [0.3, 0.4) is 0 Å². The summed E-state index contributed by atoms with van der Waals surface area (Å²) in [5, 5.41) is 15.4. The van der Waals surface area contributed by atoms with Crippen molar-refractivity contribution in [3.63, 3.8) is 0 Å². The Kier molecular flexibility index (Phi) is 5.00. The zero-order valence-corrected chi connectivity index (χ0v) is 23.0. The van der Waals surface area contributed by atoms with Crippen LogP contribution >= 0.6 is 0 Å². The highest BCUT2D eigenvalue weighted by Gasteiger charge is 2.11. The van der Waals surface area contributed by atoms with Crippen molar-refractivity contribution in [2.24, 2.45) is 0 Å². The normalized spacial score (nSPS) is 11.8. The standard InChI is InChI=1S/C42H26/c1-3-11-35-27(7-1)15-17-29-19-21-33(25-39(29)35)37-13-5-9-31-24-42-32(23-41(31)37)10-6-14-38(42)34-22-20-30-18-16-28-8-2-4-12-36(28)40(30)26-34/h1-26H. The van der Waals surface area contributed by atoms with E-state index in [-0.39, 0.29) is 0 Å². The van der Waals surface area contributed by atoms with Crippen LogP contribution in [-0.4, -0.2) is 0 Å². The van der Waals surface area contributed by atoms with E-state index in [1.54, 1.807) is 0 Å². The molecule has 0 radical (unpaired) electrons. The minimum absolute atomic E-state index is 1.25. The molecule has 0 atom stereocenters. The van der Waals surface area contributed by atoms with Gasteiger partial charge in [-0.2, -0.15) is 0 Å². The summed E-state index contributed by atoms with van der Waals surface area (Å²) in [5.74, 6) is 0. The SMILES string of the molecule is c1cc(-c2ccc3ccc4ccccc4c3c2)c2cc3cccc(-c4ccc5ccc6ccccc6c5c4)c3cc2c1. The molecule has 0 heteroatoms. The van der Waals surface area contributed by atoms with Gasteiger partial charge < -0.3 is 0 Å². The van der Waals surface area contributed by atoms with E-state index in [2.05, 4.69) is 158 Å². The van der Waals surface area contributed by atoms with Crippen molar-refractivity contribution in [2.45, 2.75) is 0 Å². The highest BCUT2D eigenvalue weighted by atomic mass is 14.2. The lowest BCUT2D eigenvalue weighted by atomic mass is 9.90. The number of rotatable bonds is 2. The quantitative estimate of drug-likeness (QED) is 0.154. The van der Waals surface area contributed by atoms with Crippen LogP contribution in [0, 0.1) is 0 Å². The Morgan fingerprint density at radius 1 is 0.214 bits per heavy atom. The maximum absolute atomic E-state index is 2.38. The molecule has 0 aromatic heterocycles. The molecule has 0 aliphatic heterocycles. The van der Waals surface area contributed by atoms with Gasteiger partial charge in [0.05, 0.1) is 0 Å². The summed E-state index contributed by atoms with van der Waals surface area (Å²) in [7, 11) is 0. The van der Waals surface area contributed by atoms with Crippen molar-refractivity contribution in [3.05, 3.63) is 158 Å². The molecule has 0 spiro atoms. The van der Waals surface area contributed by atoms with Crippen molar-refractivity contribution in [1.82, 2.24) is 0 Å². The van der Waals surface area contributed by atoms with E-state index >= 15 is 0 Å². The summed E-state index contributed by atoms with van der Waals surface area (Å²) in [6, 6.07) is 58.2. The minimum Gasteiger partial charge on any atom is -0.0616 e. The van der Waals surface area contributed by atoms with E-state index in [1.165, 1.54) is 86.9 Å². The third-order valence-corrected chi connectivity index (χ3v) is 8.99. The number of hydrogen-bond acceptors (Lipinski definition) is 0. The molecule has 0 aliphatic carbocycles. The van der Waals surface area contributed by atoms with Crippen molar-refractivity contribution in [3.8, 4) is 22.3 Å². The minimum atomic E-state index is 1.25. The largest absolute Gasteiger partial charge is 0.0616 e. The zero-order valence-electron chi connectivity index (χ0n) is 23.0. The first kappa shape index (κ1) is 23.3. The monoisotopic (exact) mass is 530 g/mol. The zero-order chi connectivity index (χ0) is 27.6. The molecule has 194 valence electrons. The second-order valence-corrected chi connectivity index (χ2v) is 11.4. The van der Waals surface area contributed by atoms with Crippen LogP contribution in [0.15, 0.2) is 158 Å². The Bertz CT molecular complexity index is 2340. The van der Waals surface area contributed by atoms with Crippen molar-refractivity contribution in [1.29, 1.82) is 0 Å². The summed E-state index contributed by atoms with van der Waals surface area (Å²) < 4.78 is 0. The average molecular weight is 531 g/mol. The van der Waals surface area contributed by atoms with Crippen LogP contribution in [0.1, 0.15) is 0 Å². The molecule has 0 heterocycles. The molecular formula is C42H26. The van der Waals surface area contributed by atoms with E-state index in [0.717, 1.165) is 0 Å². The molecule has 9 aromatic carbocycles. The third kappa shape index (κ3) is 3.56. The Morgan fingerprint density at radius 2 is 0.595 bits per heavy atom. The smallest absolute Gasteiger partial charge is 0.00990 e. The van der Waals surface area contributed by atoms with Crippen LogP contribution in [0.2, 0.25) is 0 Å². The number of fused-ring (bicyclic) bond motifs is 8. The molecule has 42 heavy (non-hydrogen) atoms. The van der Waals surface area contributed by atoms with Gasteiger partial charge in [-0.25, -0.2) is 0 Å². The summed E-state index contributed by atoms with van der Waals surface area (Å²) >= 11 is 0. The fourth-order valence-corrected chi connectivity index (χ4v) is 6.89. The lowest BCUT2D eigenvalue weighted by Crippen LogP contribution is -1.87. The summed E-state index contributed by atoms with van der Waals surface area (Å²) in [5.41, 5.74) is 5.04. The summed E-state index contributed by atoms with van der Waals surface area (Å²) in [6.45, 7) is 0. The van der Waals surface area contributed by atoms with Crippen LogP contribution in [-0.2, 0) is 0 Å². The first-order chi connectivity index (χ1) is 20.8. The van der Waals surface area contributed by atoms with Gasteiger partial charge in [-0.15, -0.1) is 0 Å². The van der Waals surface area contributed by atoms with E-state index in [4.69, 9.17) is 0 Å². The van der Waals surface area contributed by atoms with Crippen molar-refractivity contribution >= 4 is 64.6 Å². The van der Waals surface area contributed by atoms with E-state index in [0.29, 0.717) is 0 Å². The molecule has 0 saturated carbocycles. The van der Waals surface area contributed by atoms with E-state index in [1.807, 2.05) is 0 Å². The molecule has 0 saturated heterocycles. The van der Waals surface area contributed by atoms with Gasteiger partial charge in [0.1, 0.15) is 0 Å². The molecule has 0 unspecified atom stereocenters. The van der Waals surface area contributed by atoms with Gasteiger partial charge >= 0.3 is 0 Å². The maximum Gasteiger partial charge on any atom is -0.00990 e. The van der Waals surface area contributed by atoms with E-state index in [9.17, 15) is 0 Å². The molecule has 0 bridgehead atoms. The van der Waals surface area contributed by atoms with Crippen LogP contribution < -0.4 is 0 Å². The molecule has 9 aromatic rings. The number of benzene rings is 9. The lowest BCUT2D eigenvalue weighted by Gasteiger charge is -2.13. The van der Waals surface area contributed by atoms with Gasteiger partial charge in [-0.1, -0.05) is 133 Å². The summed E-state index contributed by atoms with van der Waals surface area (Å²) in [6.07, 6.45) is 0. The Morgan fingerprint density at radius 3 is 1.07 bits per heavy atom. The van der Waals surface area contributed by atoms with Gasteiger partial charge in [-0.05, 0) is 111 Å².